The first kappa shape index (κ1) is 7.92. The van der Waals surface area contributed by atoms with Crippen LogP contribution in [0.5, 0.6) is 0 Å². The van der Waals surface area contributed by atoms with E-state index in [4.69, 9.17) is 0 Å². The molecule has 0 N–H and O–H groups in total. The van der Waals surface area contributed by atoms with Crippen LogP contribution in [0.1, 0.15) is 24.1 Å². The van der Waals surface area contributed by atoms with Gasteiger partial charge >= 0.3 is 0 Å². The van der Waals surface area contributed by atoms with E-state index in [9.17, 15) is 4.79 Å². The number of ketones is 1. The second kappa shape index (κ2) is 3.35. The number of carbonyl (C=O) groups excluding carboxylic acids is 1. The van der Waals surface area contributed by atoms with Gasteiger partial charge in [0.2, 0.25) is 0 Å². The SMILES string of the molecule is O=C(CCc1cncs1)C1CC1. The van der Waals surface area contributed by atoms with Crippen LogP contribution in [-0.4, -0.2) is 10.8 Å². The molecule has 0 bridgehead atoms. The maximum atomic E-state index is 11.3. The van der Waals surface area contributed by atoms with Crippen molar-refractivity contribution in [3.8, 4) is 0 Å². The van der Waals surface area contributed by atoms with Crippen LogP contribution in [0.3, 0.4) is 0 Å². The topological polar surface area (TPSA) is 30.0 Å². The molecule has 0 unspecified atom stereocenters. The van der Waals surface area contributed by atoms with Gasteiger partial charge in [-0.1, -0.05) is 0 Å². The Kier molecular flexibility index (Phi) is 2.21. The van der Waals surface area contributed by atoms with E-state index >= 15 is 0 Å². The summed E-state index contributed by atoms with van der Waals surface area (Å²) < 4.78 is 0. The molecule has 3 heteroatoms. The molecule has 0 amide bonds. The maximum absolute atomic E-state index is 11.3. The molecule has 0 radical (unpaired) electrons. The molecule has 1 saturated carbocycles. The van der Waals surface area contributed by atoms with Crippen molar-refractivity contribution in [1.82, 2.24) is 4.98 Å². The van der Waals surface area contributed by atoms with Crippen molar-refractivity contribution in [3.63, 3.8) is 0 Å². The van der Waals surface area contributed by atoms with Crippen molar-refractivity contribution in [2.75, 3.05) is 0 Å². The Morgan fingerprint density at radius 2 is 2.50 bits per heavy atom. The number of carbonyl (C=O) groups is 1. The fourth-order valence-corrected chi connectivity index (χ4v) is 1.82. The molecule has 1 heterocycles. The van der Waals surface area contributed by atoms with Gasteiger partial charge in [0.1, 0.15) is 5.78 Å². The zero-order valence-electron chi connectivity index (χ0n) is 6.82. The van der Waals surface area contributed by atoms with E-state index in [1.807, 2.05) is 11.7 Å². The molecular formula is C9H11NOS. The third-order valence-electron chi connectivity index (χ3n) is 2.13. The fourth-order valence-electron chi connectivity index (χ4n) is 1.22. The van der Waals surface area contributed by atoms with E-state index in [1.54, 1.807) is 11.3 Å². The van der Waals surface area contributed by atoms with Crippen LogP contribution in [0.15, 0.2) is 11.7 Å². The van der Waals surface area contributed by atoms with Crippen LogP contribution < -0.4 is 0 Å². The second-order valence-corrected chi connectivity index (χ2v) is 4.18. The Morgan fingerprint density at radius 3 is 3.08 bits per heavy atom. The lowest BCUT2D eigenvalue weighted by Crippen LogP contribution is -2.00. The Balaban J connectivity index is 1.78. The Hall–Kier alpha value is -0.700. The number of rotatable bonds is 4. The van der Waals surface area contributed by atoms with Crippen molar-refractivity contribution in [3.05, 3.63) is 16.6 Å². The molecule has 0 saturated heterocycles. The number of thiazole rings is 1. The van der Waals surface area contributed by atoms with Crippen LogP contribution in [0, 0.1) is 5.92 Å². The van der Waals surface area contributed by atoms with E-state index in [-0.39, 0.29) is 0 Å². The summed E-state index contributed by atoms with van der Waals surface area (Å²) in [7, 11) is 0. The summed E-state index contributed by atoms with van der Waals surface area (Å²) in [5.74, 6) is 0.862. The van der Waals surface area contributed by atoms with Gasteiger partial charge in [0, 0.05) is 23.4 Å². The number of hydrogen-bond donors (Lipinski definition) is 0. The van der Waals surface area contributed by atoms with Gasteiger partial charge in [-0.25, -0.2) is 0 Å². The largest absolute Gasteiger partial charge is 0.299 e. The number of aryl methyl sites for hydroxylation is 1. The van der Waals surface area contributed by atoms with Gasteiger partial charge in [-0.2, -0.15) is 0 Å². The van der Waals surface area contributed by atoms with Crippen LogP contribution in [0.25, 0.3) is 0 Å². The summed E-state index contributed by atoms with van der Waals surface area (Å²) in [5, 5.41) is 0. The first-order valence-corrected chi connectivity index (χ1v) is 5.14. The molecule has 0 spiro atoms. The van der Waals surface area contributed by atoms with Crippen LogP contribution in [0.2, 0.25) is 0 Å². The monoisotopic (exact) mass is 181 g/mol. The van der Waals surface area contributed by atoms with E-state index in [0.717, 1.165) is 19.3 Å². The molecular weight excluding hydrogens is 170 g/mol. The van der Waals surface area contributed by atoms with E-state index in [2.05, 4.69) is 4.98 Å². The smallest absolute Gasteiger partial charge is 0.136 e. The number of aromatic nitrogens is 1. The lowest BCUT2D eigenvalue weighted by atomic mass is 10.1. The van der Waals surface area contributed by atoms with Gasteiger partial charge in [-0.15, -0.1) is 11.3 Å². The van der Waals surface area contributed by atoms with Gasteiger partial charge in [0.25, 0.3) is 0 Å². The lowest BCUT2D eigenvalue weighted by Gasteiger charge is -1.94. The second-order valence-electron chi connectivity index (χ2n) is 3.21. The maximum Gasteiger partial charge on any atom is 0.136 e. The molecule has 1 fully saturated rings. The predicted molar refractivity (Wildman–Crippen MR) is 48.2 cm³/mol. The minimum Gasteiger partial charge on any atom is -0.299 e. The fraction of sp³-hybridized carbons (Fsp3) is 0.556. The van der Waals surface area contributed by atoms with Crippen LogP contribution >= 0.6 is 11.3 Å². The van der Waals surface area contributed by atoms with E-state index in [1.165, 1.54) is 4.88 Å². The molecule has 1 aliphatic carbocycles. The third-order valence-corrected chi connectivity index (χ3v) is 2.97. The first-order valence-electron chi connectivity index (χ1n) is 4.26. The normalized spacial score (nSPS) is 16.3. The minimum atomic E-state index is 0.415. The molecule has 2 nitrogen and oxygen atoms in total. The Labute approximate surface area is 75.6 Å². The molecule has 64 valence electrons. The molecule has 1 aromatic rings. The average molecular weight is 181 g/mol. The zero-order valence-corrected chi connectivity index (χ0v) is 7.64. The molecule has 2 rings (SSSR count). The summed E-state index contributed by atoms with van der Waals surface area (Å²) in [6, 6.07) is 0. The van der Waals surface area contributed by atoms with E-state index < -0.39 is 0 Å². The van der Waals surface area contributed by atoms with Crippen molar-refractivity contribution in [2.45, 2.75) is 25.7 Å². The number of nitrogens with zero attached hydrogens (tertiary/aromatic N) is 1. The van der Waals surface area contributed by atoms with Crippen molar-refractivity contribution >= 4 is 17.1 Å². The third kappa shape index (κ3) is 1.91. The predicted octanol–water partition coefficient (Wildman–Crippen LogP) is 2.05. The Bertz CT molecular complexity index is 264. The van der Waals surface area contributed by atoms with Gasteiger partial charge in [-0.05, 0) is 19.3 Å². The molecule has 12 heavy (non-hydrogen) atoms. The van der Waals surface area contributed by atoms with Crippen molar-refractivity contribution in [2.24, 2.45) is 5.92 Å². The van der Waals surface area contributed by atoms with Gasteiger partial charge in [-0.3, -0.25) is 9.78 Å². The molecule has 0 aromatic carbocycles. The highest BCUT2D eigenvalue weighted by Crippen LogP contribution is 2.31. The molecule has 0 aliphatic heterocycles. The number of hydrogen-bond acceptors (Lipinski definition) is 3. The lowest BCUT2D eigenvalue weighted by molar-refractivity contribution is -0.120. The summed E-state index contributed by atoms with van der Waals surface area (Å²) in [6.45, 7) is 0. The summed E-state index contributed by atoms with van der Waals surface area (Å²) in [4.78, 5) is 16.5. The molecule has 1 aromatic heterocycles. The summed E-state index contributed by atoms with van der Waals surface area (Å²) in [6.07, 6.45) is 5.71. The standard InChI is InChI=1S/C9H11NOS/c11-9(7-1-2-7)4-3-8-5-10-6-12-8/h5-7H,1-4H2. The quantitative estimate of drug-likeness (QED) is 0.711. The van der Waals surface area contributed by atoms with Gasteiger partial charge < -0.3 is 0 Å². The average Bonchev–Trinajstić information content (AvgIpc) is 2.80. The zero-order chi connectivity index (χ0) is 8.39. The molecule has 0 atom stereocenters. The highest BCUT2D eigenvalue weighted by atomic mass is 32.1. The number of Topliss-reactive ketones (excluding diaryl/α,β-unsaturated/α-hetero) is 1. The van der Waals surface area contributed by atoms with Crippen molar-refractivity contribution < 1.29 is 4.79 Å². The van der Waals surface area contributed by atoms with Crippen LogP contribution in [-0.2, 0) is 11.2 Å². The Morgan fingerprint density at radius 1 is 1.67 bits per heavy atom. The highest BCUT2D eigenvalue weighted by molar-refractivity contribution is 7.09. The van der Waals surface area contributed by atoms with Gasteiger partial charge in [0.15, 0.2) is 0 Å². The first-order chi connectivity index (χ1) is 5.86. The summed E-state index contributed by atoms with van der Waals surface area (Å²) in [5.41, 5.74) is 1.82. The summed E-state index contributed by atoms with van der Waals surface area (Å²) >= 11 is 1.63. The van der Waals surface area contributed by atoms with Gasteiger partial charge in [0.05, 0.1) is 5.51 Å². The van der Waals surface area contributed by atoms with Crippen molar-refractivity contribution in [1.29, 1.82) is 0 Å². The highest BCUT2D eigenvalue weighted by Gasteiger charge is 2.28. The minimum absolute atomic E-state index is 0.415. The van der Waals surface area contributed by atoms with E-state index in [0.29, 0.717) is 18.1 Å². The van der Waals surface area contributed by atoms with Crippen LogP contribution in [0.4, 0.5) is 0 Å². The molecule has 1 aliphatic rings.